The van der Waals surface area contributed by atoms with Gasteiger partial charge in [0.05, 0.1) is 12.3 Å². The highest BCUT2D eigenvalue weighted by Gasteiger charge is 2.26. The summed E-state index contributed by atoms with van der Waals surface area (Å²) in [6.45, 7) is 1.78. The highest BCUT2D eigenvalue weighted by Crippen LogP contribution is 2.23. The maximum atomic E-state index is 11.3. The summed E-state index contributed by atoms with van der Waals surface area (Å²) in [5.74, 6) is 0.0145. The first-order valence-corrected chi connectivity index (χ1v) is 6.66. The molecule has 0 aliphatic carbocycles. The maximum Gasteiger partial charge on any atom is 0.352 e. The predicted octanol–water partition coefficient (Wildman–Crippen LogP) is 1.20. The summed E-state index contributed by atoms with van der Waals surface area (Å²) in [5, 5.41) is 21.0. The van der Waals surface area contributed by atoms with Gasteiger partial charge in [-0.15, -0.1) is 0 Å². The molecule has 7 nitrogen and oxygen atoms in total. The van der Waals surface area contributed by atoms with Gasteiger partial charge in [0.25, 0.3) is 0 Å². The third-order valence-corrected chi connectivity index (χ3v) is 3.60. The average Bonchev–Trinajstić information content (AvgIpc) is 2.76. The van der Waals surface area contributed by atoms with E-state index >= 15 is 0 Å². The molecule has 0 radical (unpaired) electrons. The molecule has 2 aromatic rings. The van der Waals surface area contributed by atoms with Crippen LogP contribution in [0.4, 0.5) is 5.82 Å². The van der Waals surface area contributed by atoms with Crippen LogP contribution in [0.2, 0.25) is 0 Å². The zero-order valence-electron chi connectivity index (χ0n) is 11.0. The Hall–Kier alpha value is -1.99. The molecule has 1 unspecified atom stereocenters. The summed E-state index contributed by atoms with van der Waals surface area (Å²) in [4.78, 5) is 17.3. The third-order valence-electron chi connectivity index (χ3n) is 3.60. The van der Waals surface area contributed by atoms with Crippen molar-refractivity contribution < 1.29 is 10.0 Å². The van der Waals surface area contributed by atoms with E-state index in [-0.39, 0.29) is 11.9 Å². The second kappa shape index (κ2) is 5.18. The molecule has 2 aromatic heterocycles. The molecule has 1 saturated heterocycles. The Morgan fingerprint density at radius 2 is 2.35 bits per heavy atom. The number of aliphatic hydroxyl groups is 1. The van der Waals surface area contributed by atoms with Crippen molar-refractivity contribution in [1.29, 1.82) is 0 Å². The number of likely N-dealkylation sites (tertiary alicyclic amines) is 1. The molecule has 3 heterocycles. The van der Waals surface area contributed by atoms with E-state index in [9.17, 15) is 15.2 Å². The third kappa shape index (κ3) is 2.37. The SMILES string of the molecule is O=[N+]([O-])c1c(CN2CCCC(O)C2)nc2ccccn12. The standard InChI is InChI=1S/C13H16N4O3/c18-10-4-3-6-15(8-10)9-11-13(17(19)20)16-7-2-1-5-12(16)14-11/h1-2,5,7,10,18H,3-4,6,8-9H2. The van der Waals surface area contributed by atoms with Crippen molar-refractivity contribution in [1.82, 2.24) is 14.3 Å². The fraction of sp³-hybridized carbons (Fsp3) is 0.462. The van der Waals surface area contributed by atoms with Gasteiger partial charge >= 0.3 is 5.82 Å². The molecule has 3 rings (SSSR count). The number of rotatable bonds is 3. The molecule has 1 atom stereocenters. The van der Waals surface area contributed by atoms with E-state index < -0.39 is 4.92 Å². The van der Waals surface area contributed by atoms with Crippen molar-refractivity contribution in [2.75, 3.05) is 13.1 Å². The number of β-amino-alcohol motifs (C(OH)–C–C–N with tert-alkyl or cyclic N) is 1. The van der Waals surface area contributed by atoms with Crippen molar-refractivity contribution >= 4 is 11.5 Å². The van der Waals surface area contributed by atoms with Gasteiger partial charge in [-0.2, -0.15) is 4.40 Å². The Bertz CT molecular complexity index is 640. The first kappa shape index (κ1) is 13.0. The van der Waals surface area contributed by atoms with Crippen molar-refractivity contribution in [3.05, 3.63) is 40.2 Å². The zero-order chi connectivity index (χ0) is 14.1. The van der Waals surface area contributed by atoms with Gasteiger partial charge in [-0.25, -0.2) is 4.98 Å². The zero-order valence-corrected chi connectivity index (χ0v) is 11.0. The molecular weight excluding hydrogens is 260 g/mol. The molecule has 20 heavy (non-hydrogen) atoms. The molecule has 0 aromatic carbocycles. The fourth-order valence-electron chi connectivity index (χ4n) is 2.72. The minimum Gasteiger partial charge on any atom is -0.392 e. The van der Waals surface area contributed by atoms with E-state index in [1.807, 2.05) is 4.90 Å². The van der Waals surface area contributed by atoms with Crippen molar-refractivity contribution in [3.8, 4) is 0 Å². The smallest absolute Gasteiger partial charge is 0.352 e. The monoisotopic (exact) mass is 276 g/mol. The Kier molecular flexibility index (Phi) is 3.37. The Balaban J connectivity index is 1.94. The van der Waals surface area contributed by atoms with Crippen LogP contribution in [-0.4, -0.2) is 43.5 Å². The van der Waals surface area contributed by atoms with Gasteiger partial charge in [0.15, 0.2) is 5.69 Å². The number of fused-ring (bicyclic) bond motifs is 1. The number of nitrogens with zero attached hydrogens (tertiary/aromatic N) is 4. The average molecular weight is 276 g/mol. The first-order valence-electron chi connectivity index (χ1n) is 6.66. The highest BCUT2D eigenvalue weighted by atomic mass is 16.6. The van der Waals surface area contributed by atoms with Crippen LogP contribution in [0.25, 0.3) is 5.65 Å². The molecule has 0 bridgehead atoms. The first-order chi connectivity index (χ1) is 9.65. The Morgan fingerprint density at radius 1 is 1.50 bits per heavy atom. The predicted molar refractivity (Wildman–Crippen MR) is 72.4 cm³/mol. The van der Waals surface area contributed by atoms with Gasteiger partial charge in [-0.05, 0) is 30.4 Å². The molecule has 1 fully saturated rings. The van der Waals surface area contributed by atoms with Crippen LogP contribution < -0.4 is 0 Å². The van der Waals surface area contributed by atoms with Crippen LogP contribution >= 0.6 is 0 Å². The summed E-state index contributed by atoms with van der Waals surface area (Å²) < 4.78 is 1.50. The van der Waals surface area contributed by atoms with E-state index in [4.69, 9.17) is 0 Å². The summed E-state index contributed by atoms with van der Waals surface area (Å²) >= 11 is 0. The largest absolute Gasteiger partial charge is 0.392 e. The van der Waals surface area contributed by atoms with E-state index in [0.29, 0.717) is 24.4 Å². The lowest BCUT2D eigenvalue weighted by atomic mass is 10.1. The Morgan fingerprint density at radius 3 is 3.10 bits per heavy atom. The van der Waals surface area contributed by atoms with Gasteiger partial charge in [-0.3, -0.25) is 4.90 Å². The molecule has 106 valence electrons. The molecular formula is C13H16N4O3. The molecule has 1 aliphatic rings. The van der Waals surface area contributed by atoms with Crippen molar-refractivity contribution in [3.63, 3.8) is 0 Å². The normalized spacial score (nSPS) is 20.4. The molecule has 0 saturated carbocycles. The van der Waals surface area contributed by atoms with Crippen LogP contribution in [0.3, 0.4) is 0 Å². The van der Waals surface area contributed by atoms with Crippen LogP contribution in [0.5, 0.6) is 0 Å². The Labute approximate surface area is 115 Å². The number of piperidine rings is 1. The topological polar surface area (TPSA) is 83.9 Å². The summed E-state index contributed by atoms with van der Waals surface area (Å²) in [6.07, 6.45) is 3.00. The van der Waals surface area contributed by atoms with Crippen LogP contribution in [0, 0.1) is 10.1 Å². The summed E-state index contributed by atoms with van der Waals surface area (Å²) in [7, 11) is 0. The van der Waals surface area contributed by atoms with E-state index in [1.165, 1.54) is 4.40 Å². The molecule has 0 amide bonds. The van der Waals surface area contributed by atoms with Gasteiger partial charge < -0.3 is 15.2 Å². The lowest BCUT2D eigenvalue weighted by Gasteiger charge is -2.29. The molecule has 0 spiro atoms. The molecule has 1 aliphatic heterocycles. The van der Waals surface area contributed by atoms with Crippen molar-refractivity contribution in [2.45, 2.75) is 25.5 Å². The van der Waals surface area contributed by atoms with Crippen LogP contribution in [0.15, 0.2) is 24.4 Å². The van der Waals surface area contributed by atoms with Crippen LogP contribution in [0.1, 0.15) is 18.5 Å². The second-order valence-electron chi connectivity index (χ2n) is 5.10. The van der Waals surface area contributed by atoms with Gasteiger partial charge in [0.1, 0.15) is 0 Å². The fourth-order valence-corrected chi connectivity index (χ4v) is 2.72. The van der Waals surface area contributed by atoms with Crippen LogP contribution in [-0.2, 0) is 6.54 Å². The molecule has 7 heteroatoms. The highest BCUT2D eigenvalue weighted by molar-refractivity contribution is 5.48. The number of pyridine rings is 1. The number of imidazole rings is 1. The number of hydrogen-bond donors (Lipinski definition) is 1. The minimum atomic E-state index is -0.393. The van der Waals surface area contributed by atoms with E-state index in [1.54, 1.807) is 24.4 Å². The second-order valence-corrected chi connectivity index (χ2v) is 5.10. The number of hydrogen-bond acceptors (Lipinski definition) is 5. The number of aromatic nitrogens is 2. The van der Waals surface area contributed by atoms with Gasteiger partial charge in [0.2, 0.25) is 5.65 Å². The molecule has 1 N–H and O–H groups in total. The number of aliphatic hydroxyl groups excluding tert-OH is 1. The number of nitro groups is 1. The minimum absolute atomic E-state index is 0.0145. The maximum absolute atomic E-state index is 11.3. The summed E-state index contributed by atoms with van der Waals surface area (Å²) in [5.41, 5.74) is 1.03. The lowest BCUT2D eigenvalue weighted by Crippen LogP contribution is -2.37. The van der Waals surface area contributed by atoms with Gasteiger partial charge in [-0.1, -0.05) is 6.07 Å². The quantitative estimate of drug-likeness (QED) is 0.672. The summed E-state index contributed by atoms with van der Waals surface area (Å²) in [6, 6.07) is 5.30. The van der Waals surface area contributed by atoms with E-state index in [0.717, 1.165) is 19.4 Å². The van der Waals surface area contributed by atoms with E-state index in [2.05, 4.69) is 4.98 Å². The van der Waals surface area contributed by atoms with Gasteiger partial charge in [0, 0.05) is 19.2 Å². The lowest BCUT2D eigenvalue weighted by molar-refractivity contribution is -0.391. The van der Waals surface area contributed by atoms with Crippen molar-refractivity contribution in [2.24, 2.45) is 0 Å².